The minimum absolute atomic E-state index is 0. The Morgan fingerprint density at radius 2 is 1.95 bits per heavy atom. The first-order chi connectivity index (χ1) is 8.29. The van der Waals surface area contributed by atoms with E-state index in [-0.39, 0.29) is 41.2 Å². The Hall–Kier alpha value is -1.80. The van der Waals surface area contributed by atoms with Crippen LogP contribution in [0.4, 0.5) is 11.4 Å². The van der Waals surface area contributed by atoms with Crippen LogP contribution in [0.15, 0.2) is 28.2 Å². The summed E-state index contributed by atoms with van der Waals surface area (Å²) in [6.45, 7) is 0. The van der Waals surface area contributed by atoms with Gasteiger partial charge < -0.3 is 11.5 Å². The van der Waals surface area contributed by atoms with Gasteiger partial charge in [-0.3, -0.25) is 4.79 Å². The Morgan fingerprint density at radius 3 is 2.37 bits per heavy atom. The molecule has 0 aromatic heterocycles. The lowest BCUT2D eigenvalue weighted by Crippen LogP contribution is -2.21. The molecule has 4 N–H and O–H groups in total. The summed E-state index contributed by atoms with van der Waals surface area (Å²) >= 11 is 0. The predicted octanol–water partition coefficient (Wildman–Crippen LogP) is 0.103. The molecule has 0 saturated heterocycles. The van der Waals surface area contributed by atoms with E-state index in [9.17, 15) is 13.2 Å². The number of amidine groups is 1. The maximum Gasteiger partial charge on any atom is 0.255 e. The molecule has 0 radical (unpaired) electrons. The molecule has 0 saturated carbocycles. The van der Waals surface area contributed by atoms with Gasteiger partial charge in [0.15, 0.2) is 9.84 Å². The maximum absolute atomic E-state index is 11.6. The number of hydrogen-bond donors (Lipinski definition) is 2. The fraction of sp³-hybridized carbons (Fsp3) is 0.200. The first-order valence-electron chi connectivity index (χ1n) is 5.04. The Balaban J connectivity index is 0.00000180. The molecule has 9 heteroatoms. The van der Waals surface area contributed by atoms with Gasteiger partial charge in [-0.15, -0.1) is 12.4 Å². The highest BCUT2D eigenvalue weighted by Gasteiger charge is 2.25. The molecule has 1 aromatic rings. The van der Waals surface area contributed by atoms with Gasteiger partial charge in [-0.1, -0.05) is 0 Å². The predicted molar refractivity (Wildman–Crippen MR) is 74.9 cm³/mol. The van der Waals surface area contributed by atoms with Crippen molar-refractivity contribution in [1.29, 1.82) is 0 Å². The van der Waals surface area contributed by atoms with Gasteiger partial charge in [0, 0.05) is 6.26 Å². The minimum Gasteiger partial charge on any atom is -0.397 e. The van der Waals surface area contributed by atoms with Gasteiger partial charge in [0.05, 0.1) is 22.7 Å². The molecule has 0 spiro atoms. The van der Waals surface area contributed by atoms with Crippen LogP contribution in [0.1, 0.15) is 6.42 Å². The van der Waals surface area contributed by atoms with Crippen molar-refractivity contribution in [1.82, 2.24) is 0 Å². The molecule has 0 atom stereocenters. The van der Waals surface area contributed by atoms with E-state index >= 15 is 0 Å². The number of nitrogen functional groups attached to an aromatic ring is 1. The average molecular weight is 305 g/mol. The Bertz CT molecular complexity index is 657. The lowest BCUT2D eigenvalue weighted by Gasteiger charge is -2.14. The van der Waals surface area contributed by atoms with Gasteiger partial charge in [0.25, 0.3) is 5.91 Å². The summed E-state index contributed by atoms with van der Waals surface area (Å²) in [4.78, 5) is 11.7. The largest absolute Gasteiger partial charge is 0.397 e. The summed E-state index contributed by atoms with van der Waals surface area (Å²) in [6, 6.07) is 4.10. The fourth-order valence-electron chi connectivity index (χ4n) is 1.59. The molecular weight excluding hydrogens is 292 g/mol. The van der Waals surface area contributed by atoms with Gasteiger partial charge in [-0.2, -0.15) is 10.1 Å². The zero-order chi connectivity index (χ0) is 13.5. The quantitative estimate of drug-likeness (QED) is 0.751. The summed E-state index contributed by atoms with van der Waals surface area (Å²) in [5, 5.41) is 4.92. The molecule has 1 aliphatic heterocycles. The van der Waals surface area contributed by atoms with E-state index in [4.69, 9.17) is 11.5 Å². The van der Waals surface area contributed by atoms with Crippen molar-refractivity contribution in [3.63, 3.8) is 0 Å². The number of rotatable bonds is 2. The van der Waals surface area contributed by atoms with Gasteiger partial charge in [-0.05, 0) is 18.2 Å². The number of anilines is 2. The molecule has 0 bridgehead atoms. The normalized spacial score (nSPS) is 15.1. The zero-order valence-corrected chi connectivity index (χ0v) is 11.7. The second kappa shape index (κ2) is 5.06. The summed E-state index contributed by atoms with van der Waals surface area (Å²) in [5.74, 6) is -0.0992. The van der Waals surface area contributed by atoms with E-state index in [0.29, 0.717) is 5.69 Å². The van der Waals surface area contributed by atoms with E-state index in [1.807, 2.05) is 0 Å². The van der Waals surface area contributed by atoms with Crippen LogP contribution < -0.4 is 16.5 Å². The Morgan fingerprint density at radius 1 is 1.32 bits per heavy atom. The Labute approximate surface area is 116 Å². The molecule has 1 aromatic carbocycles. The first-order valence-corrected chi connectivity index (χ1v) is 6.93. The molecule has 0 aliphatic carbocycles. The topological polar surface area (TPSA) is 119 Å². The van der Waals surface area contributed by atoms with Gasteiger partial charge in [0.2, 0.25) is 0 Å². The monoisotopic (exact) mass is 304 g/mol. The van der Waals surface area contributed by atoms with Crippen LogP contribution in [0.3, 0.4) is 0 Å². The first kappa shape index (κ1) is 15.3. The molecule has 7 nitrogen and oxygen atoms in total. The van der Waals surface area contributed by atoms with Crippen molar-refractivity contribution in [2.75, 3.05) is 17.0 Å². The van der Waals surface area contributed by atoms with Gasteiger partial charge >= 0.3 is 0 Å². The highest BCUT2D eigenvalue weighted by molar-refractivity contribution is 7.90. The summed E-state index contributed by atoms with van der Waals surface area (Å²) < 4.78 is 22.7. The maximum atomic E-state index is 11.6. The number of hydrogen-bond acceptors (Lipinski definition) is 6. The number of nitrogens with two attached hydrogens (primary N) is 2. The summed E-state index contributed by atoms with van der Waals surface area (Å²) in [7, 11) is -3.33. The van der Waals surface area contributed by atoms with Crippen LogP contribution in [0.5, 0.6) is 0 Å². The second-order valence-corrected chi connectivity index (χ2v) is 5.98. The molecular formula is C10H13ClN4O3S. The molecule has 19 heavy (non-hydrogen) atoms. The molecule has 104 valence electrons. The van der Waals surface area contributed by atoms with E-state index in [2.05, 4.69) is 5.10 Å². The number of amides is 1. The van der Waals surface area contributed by atoms with Crippen molar-refractivity contribution >= 4 is 45.4 Å². The number of nitrogens with zero attached hydrogens (tertiary/aromatic N) is 2. The van der Waals surface area contributed by atoms with Gasteiger partial charge in [0.1, 0.15) is 5.84 Å². The number of halogens is 1. The molecule has 0 fully saturated rings. The van der Waals surface area contributed by atoms with Crippen molar-refractivity contribution in [3.05, 3.63) is 18.2 Å². The smallest absolute Gasteiger partial charge is 0.255 e. The molecule has 1 aliphatic rings. The molecule has 1 heterocycles. The standard InChI is InChI=1S/C10H12N4O3S.ClH/c1-18(16,17)6-2-3-8(7(11)4-6)14-10(15)5-9(12)13-14;/h2-4H,5,11H2,1H3,(H2,12,13);1H. The van der Waals surface area contributed by atoms with Crippen LogP contribution in [-0.4, -0.2) is 26.4 Å². The fourth-order valence-corrected chi connectivity index (χ4v) is 2.25. The molecule has 0 unspecified atom stereocenters. The third-order valence-corrected chi connectivity index (χ3v) is 3.56. The van der Waals surface area contributed by atoms with Crippen molar-refractivity contribution < 1.29 is 13.2 Å². The number of benzene rings is 1. The summed E-state index contributed by atoms with van der Waals surface area (Å²) in [6.07, 6.45) is 1.12. The van der Waals surface area contributed by atoms with Gasteiger partial charge in [-0.25, -0.2) is 8.42 Å². The van der Waals surface area contributed by atoms with Crippen LogP contribution in [-0.2, 0) is 14.6 Å². The van der Waals surface area contributed by atoms with E-state index < -0.39 is 9.84 Å². The SMILES string of the molecule is CS(=O)(=O)c1ccc(N2N=C(N)CC2=O)c(N)c1.Cl. The highest BCUT2D eigenvalue weighted by Crippen LogP contribution is 2.28. The summed E-state index contributed by atoms with van der Waals surface area (Å²) in [5.41, 5.74) is 11.7. The number of carbonyl (C=O) groups is 1. The average Bonchev–Trinajstić information content (AvgIpc) is 2.56. The third kappa shape index (κ3) is 2.96. The molecule has 1 amide bonds. The number of carbonyl (C=O) groups excluding carboxylic acids is 1. The highest BCUT2D eigenvalue weighted by atomic mass is 35.5. The van der Waals surface area contributed by atoms with E-state index in [1.54, 1.807) is 0 Å². The van der Waals surface area contributed by atoms with Crippen LogP contribution in [0.2, 0.25) is 0 Å². The lowest BCUT2D eigenvalue weighted by molar-refractivity contribution is -0.116. The number of hydrazone groups is 1. The zero-order valence-electron chi connectivity index (χ0n) is 10.0. The van der Waals surface area contributed by atoms with E-state index in [1.165, 1.54) is 18.2 Å². The van der Waals surface area contributed by atoms with Crippen molar-refractivity contribution in [3.8, 4) is 0 Å². The van der Waals surface area contributed by atoms with Crippen LogP contribution in [0, 0.1) is 0 Å². The minimum atomic E-state index is -3.33. The van der Waals surface area contributed by atoms with E-state index in [0.717, 1.165) is 11.3 Å². The number of sulfone groups is 1. The third-order valence-electron chi connectivity index (χ3n) is 2.45. The Kier molecular flexibility index (Phi) is 4.06. The van der Waals surface area contributed by atoms with Crippen LogP contribution in [0.25, 0.3) is 0 Å². The van der Waals surface area contributed by atoms with Crippen LogP contribution >= 0.6 is 12.4 Å². The molecule has 2 rings (SSSR count). The van der Waals surface area contributed by atoms with Crippen molar-refractivity contribution in [2.45, 2.75) is 11.3 Å². The lowest BCUT2D eigenvalue weighted by atomic mass is 10.2. The second-order valence-electron chi connectivity index (χ2n) is 3.97. The van der Waals surface area contributed by atoms with Crippen molar-refractivity contribution in [2.24, 2.45) is 10.8 Å².